The smallest absolute Gasteiger partial charge is 0.251 e. The second kappa shape index (κ2) is 8.86. The van der Waals surface area contributed by atoms with E-state index in [9.17, 15) is 4.79 Å². The van der Waals surface area contributed by atoms with Gasteiger partial charge in [0.25, 0.3) is 5.91 Å². The van der Waals surface area contributed by atoms with E-state index < -0.39 is 0 Å². The van der Waals surface area contributed by atoms with E-state index in [-0.39, 0.29) is 11.9 Å². The highest BCUT2D eigenvalue weighted by molar-refractivity contribution is 5.95. The molecule has 2 aromatic carbocycles. The van der Waals surface area contributed by atoms with E-state index in [1.165, 1.54) is 19.3 Å². The minimum atomic E-state index is -0.0803. The zero-order valence-corrected chi connectivity index (χ0v) is 16.7. The van der Waals surface area contributed by atoms with Gasteiger partial charge in [0.15, 0.2) is 5.82 Å². The predicted molar refractivity (Wildman–Crippen MR) is 116 cm³/mol. The van der Waals surface area contributed by atoms with Gasteiger partial charge in [0.2, 0.25) is 0 Å². The van der Waals surface area contributed by atoms with Crippen molar-refractivity contribution in [2.75, 3.05) is 18.0 Å². The second-order valence-electron chi connectivity index (χ2n) is 7.46. The standard InChI is InChI=1S/C24H26N4O/c1-18(19-8-4-2-5-9-19)27-24(29)21-12-10-20(11-13-21)22-23(26-15-14-25-22)28-16-6-3-7-17-28/h2,4-5,8-15,18H,3,6-7,16-17H2,1H3,(H,27,29)/t18-/m1/s1. The Hall–Kier alpha value is -3.21. The Kier molecular flexibility index (Phi) is 5.84. The van der Waals surface area contributed by atoms with Crippen LogP contribution in [0.25, 0.3) is 11.3 Å². The third-order valence-corrected chi connectivity index (χ3v) is 5.40. The van der Waals surface area contributed by atoms with Crippen molar-refractivity contribution in [2.45, 2.75) is 32.2 Å². The highest BCUT2D eigenvalue weighted by Gasteiger charge is 2.18. The molecule has 1 amide bonds. The number of rotatable bonds is 5. The zero-order chi connectivity index (χ0) is 20.1. The van der Waals surface area contributed by atoms with Gasteiger partial charge in [-0.2, -0.15) is 0 Å². The van der Waals surface area contributed by atoms with E-state index in [4.69, 9.17) is 0 Å². The highest BCUT2D eigenvalue weighted by Crippen LogP contribution is 2.28. The number of amides is 1. The lowest BCUT2D eigenvalue weighted by Crippen LogP contribution is -2.30. The summed E-state index contributed by atoms with van der Waals surface area (Å²) in [5.41, 5.74) is 3.58. The fourth-order valence-corrected chi connectivity index (χ4v) is 3.76. The van der Waals surface area contributed by atoms with Crippen LogP contribution in [0.3, 0.4) is 0 Å². The fourth-order valence-electron chi connectivity index (χ4n) is 3.76. The van der Waals surface area contributed by atoms with Gasteiger partial charge in [-0.1, -0.05) is 42.5 Å². The van der Waals surface area contributed by atoms with Crippen LogP contribution in [-0.4, -0.2) is 29.0 Å². The maximum absolute atomic E-state index is 12.6. The Morgan fingerprint density at radius 3 is 2.34 bits per heavy atom. The summed E-state index contributed by atoms with van der Waals surface area (Å²) in [6.07, 6.45) is 7.13. The number of aromatic nitrogens is 2. The molecule has 29 heavy (non-hydrogen) atoms. The van der Waals surface area contributed by atoms with Crippen LogP contribution in [0.1, 0.15) is 48.1 Å². The number of benzene rings is 2. The van der Waals surface area contributed by atoms with Crippen LogP contribution in [0.15, 0.2) is 67.0 Å². The first-order valence-electron chi connectivity index (χ1n) is 10.2. The Morgan fingerprint density at radius 2 is 1.62 bits per heavy atom. The minimum absolute atomic E-state index is 0.0472. The molecule has 1 saturated heterocycles. The summed E-state index contributed by atoms with van der Waals surface area (Å²) in [6.45, 7) is 4.03. The number of nitrogens with zero attached hydrogens (tertiary/aromatic N) is 3. The number of piperidine rings is 1. The number of nitrogens with one attached hydrogen (secondary N) is 1. The van der Waals surface area contributed by atoms with Crippen molar-refractivity contribution >= 4 is 11.7 Å². The van der Waals surface area contributed by atoms with Crippen LogP contribution in [0, 0.1) is 0 Å². The van der Waals surface area contributed by atoms with Crippen molar-refractivity contribution in [3.05, 3.63) is 78.1 Å². The third kappa shape index (κ3) is 4.45. The van der Waals surface area contributed by atoms with Crippen molar-refractivity contribution in [1.29, 1.82) is 0 Å². The Labute approximate surface area is 171 Å². The summed E-state index contributed by atoms with van der Waals surface area (Å²) >= 11 is 0. The van der Waals surface area contributed by atoms with E-state index in [1.54, 1.807) is 12.4 Å². The Balaban J connectivity index is 1.50. The maximum Gasteiger partial charge on any atom is 0.251 e. The fraction of sp³-hybridized carbons (Fsp3) is 0.292. The molecule has 0 spiro atoms. The minimum Gasteiger partial charge on any atom is -0.355 e. The molecule has 3 aromatic rings. The average Bonchev–Trinajstić information content (AvgIpc) is 2.80. The van der Waals surface area contributed by atoms with E-state index in [0.29, 0.717) is 5.56 Å². The monoisotopic (exact) mass is 386 g/mol. The molecular weight excluding hydrogens is 360 g/mol. The molecule has 148 valence electrons. The first-order chi connectivity index (χ1) is 14.2. The van der Waals surface area contributed by atoms with Gasteiger partial charge < -0.3 is 10.2 Å². The molecule has 1 fully saturated rings. The van der Waals surface area contributed by atoms with Crippen LogP contribution < -0.4 is 10.2 Å². The molecule has 1 N–H and O–H groups in total. The van der Waals surface area contributed by atoms with Crippen LogP contribution in [0.2, 0.25) is 0 Å². The topological polar surface area (TPSA) is 58.1 Å². The van der Waals surface area contributed by atoms with Crippen LogP contribution in [-0.2, 0) is 0 Å². The van der Waals surface area contributed by atoms with Crippen LogP contribution in [0.5, 0.6) is 0 Å². The van der Waals surface area contributed by atoms with Gasteiger partial charge in [0.05, 0.1) is 6.04 Å². The summed E-state index contributed by atoms with van der Waals surface area (Å²) in [5, 5.41) is 3.06. The van der Waals surface area contributed by atoms with E-state index in [1.807, 2.05) is 61.5 Å². The molecule has 0 saturated carbocycles. The van der Waals surface area contributed by atoms with E-state index in [0.717, 1.165) is 35.7 Å². The van der Waals surface area contributed by atoms with Gasteiger partial charge >= 0.3 is 0 Å². The number of hydrogen-bond acceptors (Lipinski definition) is 4. The lowest BCUT2D eigenvalue weighted by molar-refractivity contribution is 0.0940. The van der Waals surface area contributed by atoms with Gasteiger partial charge in [-0.3, -0.25) is 9.78 Å². The molecule has 0 aliphatic carbocycles. The molecule has 5 heteroatoms. The quantitative estimate of drug-likeness (QED) is 0.695. The first-order valence-corrected chi connectivity index (χ1v) is 10.2. The van der Waals surface area contributed by atoms with Gasteiger partial charge in [0.1, 0.15) is 5.69 Å². The van der Waals surface area contributed by atoms with Crippen molar-refractivity contribution < 1.29 is 4.79 Å². The molecule has 0 radical (unpaired) electrons. The van der Waals surface area contributed by atoms with Gasteiger partial charge in [0, 0.05) is 36.6 Å². The highest BCUT2D eigenvalue weighted by atomic mass is 16.1. The second-order valence-corrected chi connectivity index (χ2v) is 7.46. The van der Waals surface area contributed by atoms with Crippen molar-refractivity contribution in [2.24, 2.45) is 0 Å². The summed E-state index contributed by atoms with van der Waals surface area (Å²) in [7, 11) is 0. The summed E-state index contributed by atoms with van der Waals surface area (Å²) in [6, 6.07) is 17.6. The van der Waals surface area contributed by atoms with Gasteiger partial charge in [-0.15, -0.1) is 0 Å². The SMILES string of the molecule is C[C@@H](NC(=O)c1ccc(-c2nccnc2N2CCCCC2)cc1)c1ccccc1. The zero-order valence-electron chi connectivity index (χ0n) is 16.7. The van der Waals surface area contributed by atoms with Crippen molar-refractivity contribution in [1.82, 2.24) is 15.3 Å². The molecule has 0 unspecified atom stereocenters. The molecule has 1 aliphatic rings. The molecule has 1 atom stereocenters. The molecule has 1 aromatic heterocycles. The summed E-state index contributed by atoms with van der Waals surface area (Å²) in [4.78, 5) is 24.1. The lowest BCUT2D eigenvalue weighted by Gasteiger charge is -2.28. The maximum atomic E-state index is 12.6. The van der Waals surface area contributed by atoms with Crippen molar-refractivity contribution in [3.63, 3.8) is 0 Å². The van der Waals surface area contributed by atoms with Gasteiger partial charge in [-0.25, -0.2) is 4.98 Å². The van der Waals surface area contributed by atoms with Crippen LogP contribution >= 0.6 is 0 Å². The Morgan fingerprint density at radius 1 is 0.931 bits per heavy atom. The van der Waals surface area contributed by atoms with Crippen LogP contribution in [0.4, 0.5) is 5.82 Å². The molecule has 5 nitrogen and oxygen atoms in total. The average molecular weight is 386 g/mol. The van der Waals surface area contributed by atoms with E-state index in [2.05, 4.69) is 20.2 Å². The van der Waals surface area contributed by atoms with E-state index >= 15 is 0 Å². The number of carbonyl (C=O) groups is 1. The number of anilines is 1. The largest absolute Gasteiger partial charge is 0.355 e. The molecule has 1 aliphatic heterocycles. The number of hydrogen-bond donors (Lipinski definition) is 1. The molecule has 2 heterocycles. The Bertz CT molecular complexity index is 950. The normalized spacial score (nSPS) is 15.0. The summed E-state index contributed by atoms with van der Waals surface area (Å²) < 4.78 is 0. The molecule has 0 bridgehead atoms. The predicted octanol–water partition coefficient (Wildman–Crippen LogP) is 4.62. The number of carbonyl (C=O) groups excluding carboxylic acids is 1. The third-order valence-electron chi connectivity index (χ3n) is 5.40. The summed E-state index contributed by atoms with van der Waals surface area (Å²) in [5.74, 6) is 0.852. The lowest BCUT2D eigenvalue weighted by atomic mass is 10.1. The first kappa shape index (κ1) is 19.1. The molecule has 4 rings (SSSR count). The van der Waals surface area contributed by atoms with Crippen molar-refractivity contribution in [3.8, 4) is 11.3 Å². The van der Waals surface area contributed by atoms with Gasteiger partial charge in [-0.05, 0) is 43.9 Å². The molecular formula is C24H26N4O.